The molecule has 0 aliphatic carbocycles. The van der Waals surface area contributed by atoms with E-state index in [1.165, 1.54) is 0 Å². The molecule has 1 unspecified atom stereocenters. The van der Waals surface area contributed by atoms with Crippen molar-refractivity contribution >= 4 is 23.2 Å². The maximum absolute atomic E-state index is 12.5. The minimum atomic E-state index is -0.537. The topological polar surface area (TPSA) is 85.9 Å². The van der Waals surface area contributed by atoms with E-state index in [4.69, 9.17) is 14.2 Å². The largest absolute Gasteiger partial charge is 0.490 e. The van der Waals surface area contributed by atoms with E-state index < -0.39 is 6.10 Å². The minimum Gasteiger partial charge on any atom is -0.490 e. The van der Waals surface area contributed by atoms with E-state index in [9.17, 15) is 9.59 Å². The third-order valence-electron chi connectivity index (χ3n) is 4.18. The molecule has 0 spiro atoms. The van der Waals surface area contributed by atoms with Crippen LogP contribution < -0.4 is 24.8 Å². The first-order valence-electron chi connectivity index (χ1n) is 8.43. The van der Waals surface area contributed by atoms with Crippen LogP contribution in [0, 0.1) is 0 Å². The lowest BCUT2D eigenvalue weighted by molar-refractivity contribution is -0.122. The molecule has 2 aromatic rings. The molecule has 134 valence electrons. The van der Waals surface area contributed by atoms with Gasteiger partial charge in [0.1, 0.15) is 5.75 Å². The molecule has 2 aliphatic rings. The second-order valence-corrected chi connectivity index (χ2v) is 6.13. The standard InChI is InChI=1S/C19H18N2O5/c1-11-18(22)21-14-10-13(4-6-15(14)26-11)20-19(23)12-3-5-16-17(9-12)25-8-2-7-24-16/h3-6,9-11H,2,7-8H2,1H3,(H,20,23)(H,21,22). The Bertz CT molecular complexity index is 880. The minimum absolute atomic E-state index is 0.219. The summed E-state index contributed by atoms with van der Waals surface area (Å²) in [6.45, 7) is 2.83. The van der Waals surface area contributed by atoms with Crippen LogP contribution in [0.1, 0.15) is 23.7 Å². The van der Waals surface area contributed by atoms with Crippen LogP contribution in [0.4, 0.5) is 11.4 Å². The van der Waals surface area contributed by atoms with Crippen LogP contribution in [0.15, 0.2) is 36.4 Å². The van der Waals surface area contributed by atoms with Crippen molar-refractivity contribution < 1.29 is 23.8 Å². The molecular formula is C19H18N2O5. The van der Waals surface area contributed by atoms with Crippen LogP contribution >= 0.6 is 0 Å². The van der Waals surface area contributed by atoms with Crippen molar-refractivity contribution in [3.05, 3.63) is 42.0 Å². The van der Waals surface area contributed by atoms with E-state index >= 15 is 0 Å². The van der Waals surface area contributed by atoms with Gasteiger partial charge in [0.15, 0.2) is 17.6 Å². The summed E-state index contributed by atoms with van der Waals surface area (Å²) in [6.07, 6.45) is 0.266. The summed E-state index contributed by atoms with van der Waals surface area (Å²) >= 11 is 0. The molecule has 0 bridgehead atoms. The number of ether oxygens (including phenoxy) is 3. The van der Waals surface area contributed by atoms with Crippen molar-refractivity contribution in [2.24, 2.45) is 0 Å². The first-order valence-corrected chi connectivity index (χ1v) is 8.43. The Balaban J connectivity index is 1.53. The molecule has 26 heavy (non-hydrogen) atoms. The van der Waals surface area contributed by atoms with Gasteiger partial charge in [-0.25, -0.2) is 0 Å². The summed E-state index contributed by atoms with van der Waals surface area (Å²) in [5, 5.41) is 5.57. The summed E-state index contributed by atoms with van der Waals surface area (Å²) in [5.41, 5.74) is 1.55. The summed E-state index contributed by atoms with van der Waals surface area (Å²) in [5.74, 6) is 1.28. The number of anilines is 2. The average Bonchev–Trinajstić information content (AvgIpc) is 2.87. The van der Waals surface area contributed by atoms with E-state index in [1.807, 2.05) is 0 Å². The van der Waals surface area contributed by atoms with Gasteiger partial charge in [0.25, 0.3) is 11.8 Å². The van der Waals surface area contributed by atoms with Crippen molar-refractivity contribution in [3.8, 4) is 17.2 Å². The van der Waals surface area contributed by atoms with Crippen molar-refractivity contribution in [1.82, 2.24) is 0 Å². The van der Waals surface area contributed by atoms with Crippen molar-refractivity contribution in [2.75, 3.05) is 23.8 Å². The van der Waals surface area contributed by atoms with Crippen molar-refractivity contribution in [2.45, 2.75) is 19.4 Å². The number of hydrogen-bond acceptors (Lipinski definition) is 5. The Labute approximate surface area is 150 Å². The molecule has 0 saturated carbocycles. The van der Waals surface area contributed by atoms with E-state index in [0.29, 0.717) is 47.4 Å². The number of fused-ring (bicyclic) bond motifs is 2. The molecule has 0 saturated heterocycles. The highest BCUT2D eigenvalue weighted by Crippen LogP contribution is 2.33. The molecular weight excluding hydrogens is 336 g/mol. The van der Waals surface area contributed by atoms with Gasteiger partial charge >= 0.3 is 0 Å². The van der Waals surface area contributed by atoms with Crippen LogP contribution in [0.25, 0.3) is 0 Å². The molecule has 0 fully saturated rings. The lowest BCUT2D eigenvalue weighted by atomic mass is 10.1. The maximum atomic E-state index is 12.5. The van der Waals surface area contributed by atoms with Gasteiger partial charge in [-0.15, -0.1) is 0 Å². The second kappa shape index (κ2) is 6.59. The zero-order valence-corrected chi connectivity index (χ0v) is 14.2. The third kappa shape index (κ3) is 3.15. The zero-order valence-electron chi connectivity index (χ0n) is 14.2. The number of carbonyl (C=O) groups excluding carboxylic acids is 2. The summed E-state index contributed by atoms with van der Waals surface area (Å²) in [6, 6.07) is 10.2. The Morgan fingerprint density at radius 2 is 1.85 bits per heavy atom. The lowest BCUT2D eigenvalue weighted by Gasteiger charge is -2.23. The lowest BCUT2D eigenvalue weighted by Crippen LogP contribution is -2.34. The predicted molar refractivity (Wildman–Crippen MR) is 95.2 cm³/mol. The highest BCUT2D eigenvalue weighted by molar-refractivity contribution is 6.05. The molecule has 7 heteroatoms. The molecule has 2 amide bonds. The molecule has 2 N–H and O–H groups in total. The van der Waals surface area contributed by atoms with E-state index in [0.717, 1.165) is 6.42 Å². The fraction of sp³-hybridized carbons (Fsp3) is 0.263. The molecule has 0 radical (unpaired) electrons. The van der Waals surface area contributed by atoms with Crippen LogP contribution in [0.2, 0.25) is 0 Å². The normalized spacial score (nSPS) is 18.0. The quantitative estimate of drug-likeness (QED) is 0.866. The Morgan fingerprint density at radius 1 is 1.08 bits per heavy atom. The van der Waals surface area contributed by atoms with Gasteiger partial charge in [-0.1, -0.05) is 0 Å². The molecule has 7 nitrogen and oxygen atoms in total. The van der Waals surface area contributed by atoms with Crippen molar-refractivity contribution in [3.63, 3.8) is 0 Å². The molecule has 1 atom stereocenters. The van der Waals surface area contributed by atoms with Crippen LogP contribution in [0.5, 0.6) is 17.2 Å². The van der Waals surface area contributed by atoms with Gasteiger partial charge in [-0.3, -0.25) is 9.59 Å². The van der Waals surface area contributed by atoms with Crippen molar-refractivity contribution in [1.29, 1.82) is 0 Å². The highest BCUT2D eigenvalue weighted by Gasteiger charge is 2.24. The summed E-state index contributed by atoms with van der Waals surface area (Å²) < 4.78 is 16.7. The number of benzene rings is 2. The Kier molecular flexibility index (Phi) is 4.12. The van der Waals surface area contributed by atoms with Crippen LogP contribution in [-0.4, -0.2) is 31.1 Å². The van der Waals surface area contributed by atoms with E-state index in [2.05, 4.69) is 10.6 Å². The van der Waals surface area contributed by atoms with Gasteiger partial charge in [-0.05, 0) is 43.3 Å². The summed E-state index contributed by atoms with van der Waals surface area (Å²) in [7, 11) is 0. The maximum Gasteiger partial charge on any atom is 0.265 e. The fourth-order valence-electron chi connectivity index (χ4n) is 2.79. The van der Waals surface area contributed by atoms with Gasteiger partial charge in [-0.2, -0.15) is 0 Å². The Hall–Kier alpha value is -3.22. The highest BCUT2D eigenvalue weighted by atomic mass is 16.5. The number of nitrogens with one attached hydrogen (secondary N) is 2. The monoisotopic (exact) mass is 354 g/mol. The third-order valence-corrected chi connectivity index (χ3v) is 4.18. The smallest absolute Gasteiger partial charge is 0.265 e. The number of carbonyl (C=O) groups is 2. The van der Waals surface area contributed by atoms with Crippen LogP contribution in [-0.2, 0) is 4.79 Å². The van der Waals surface area contributed by atoms with E-state index in [-0.39, 0.29) is 11.8 Å². The van der Waals surface area contributed by atoms with Gasteiger partial charge in [0.2, 0.25) is 0 Å². The van der Waals surface area contributed by atoms with Crippen LogP contribution in [0.3, 0.4) is 0 Å². The molecule has 0 aromatic heterocycles. The first-order chi connectivity index (χ1) is 12.6. The van der Waals surface area contributed by atoms with Gasteiger partial charge in [0, 0.05) is 17.7 Å². The SMILES string of the molecule is CC1Oc2ccc(NC(=O)c3ccc4c(c3)OCCCO4)cc2NC1=O. The average molecular weight is 354 g/mol. The molecule has 4 rings (SSSR count). The first kappa shape index (κ1) is 16.3. The zero-order chi connectivity index (χ0) is 18.1. The predicted octanol–water partition coefficient (Wildman–Crippen LogP) is 2.82. The van der Waals surface area contributed by atoms with Gasteiger partial charge in [0.05, 0.1) is 18.9 Å². The van der Waals surface area contributed by atoms with E-state index in [1.54, 1.807) is 43.3 Å². The molecule has 2 heterocycles. The molecule has 2 aromatic carbocycles. The molecule has 2 aliphatic heterocycles. The number of hydrogen-bond donors (Lipinski definition) is 2. The summed E-state index contributed by atoms with van der Waals surface area (Å²) in [4.78, 5) is 24.3. The number of amides is 2. The second-order valence-electron chi connectivity index (χ2n) is 6.13. The van der Waals surface area contributed by atoms with Gasteiger partial charge < -0.3 is 24.8 Å². The Morgan fingerprint density at radius 3 is 2.69 bits per heavy atom. The number of rotatable bonds is 2. The fourth-order valence-corrected chi connectivity index (χ4v) is 2.79.